The first-order valence-corrected chi connectivity index (χ1v) is 15.0. The summed E-state index contributed by atoms with van der Waals surface area (Å²) >= 11 is 0. The first-order valence-electron chi connectivity index (χ1n) is 15.0. The largest absolute Gasteiger partial charge is 0.504 e. The summed E-state index contributed by atoms with van der Waals surface area (Å²) in [6.45, 7) is 0.445. The van der Waals surface area contributed by atoms with Gasteiger partial charge in [-0.25, -0.2) is 4.79 Å². The molecule has 4 fully saturated rings. The molecule has 9 N–H and O–H groups in total. The molecule has 260 valence electrons. The van der Waals surface area contributed by atoms with E-state index >= 15 is 0 Å². The van der Waals surface area contributed by atoms with Gasteiger partial charge in [-0.2, -0.15) is 0 Å². The number of carbonyl (C=O) groups is 1. The molecule has 16 atom stereocenters. The average Bonchev–Trinajstić information content (AvgIpc) is 3.72. The van der Waals surface area contributed by atoms with Crippen LogP contribution in [0.3, 0.4) is 0 Å². The molecule has 5 aliphatic rings. The smallest absolute Gasteiger partial charge is 0.330 e. The number of carbonyl (C=O) groups excluding carboxylic acids is 1. The van der Waals surface area contributed by atoms with E-state index in [9.17, 15) is 50.8 Å². The van der Waals surface area contributed by atoms with Crippen LogP contribution >= 0.6 is 0 Å². The van der Waals surface area contributed by atoms with E-state index in [-0.39, 0.29) is 18.1 Å². The lowest BCUT2D eigenvalue weighted by molar-refractivity contribution is -0.347. The van der Waals surface area contributed by atoms with Crippen molar-refractivity contribution < 1.29 is 83.9 Å². The summed E-state index contributed by atoms with van der Waals surface area (Å²) in [4.78, 5) is 12.8. The monoisotopic (exact) mass is 670 g/mol. The second kappa shape index (κ2) is 13.2. The predicted molar refractivity (Wildman–Crippen MR) is 150 cm³/mol. The molecule has 4 aliphatic heterocycles. The van der Waals surface area contributed by atoms with E-state index in [2.05, 4.69) is 0 Å². The third kappa shape index (κ3) is 6.23. The first kappa shape index (κ1) is 34.0. The Bertz CT molecular complexity index is 1350. The SMILES string of the molecule is C[C@H]1O[C@@H](O[C@H]2C3C=COC(O[C@@H]4O[C@H](CO)[C@@H](O)[C@H](O)[C@H]4O)C3[C@@]3(COC(=O)/C=C/c4ccc(O)c(O)c4)O[C@@H]23)[C@@H](O)[C@H](O)[C@H]1O. The number of hydrogen-bond donors (Lipinski definition) is 9. The highest BCUT2D eigenvalue weighted by molar-refractivity contribution is 5.87. The van der Waals surface area contributed by atoms with Crippen molar-refractivity contribution >= 4 is 12.0 Å². The molecule has 3 saturated heterocycles. The maximum Gasteiger partial charge on any atom is 0.330 e. The number of epoxide rings is 1. The van der Waals surface area contributed by atoms with E-state index in [1.54, 1.807) is 6.08 Å². The highest BCUT2D eigenvalue weighted by atomic mass is 16.8. The van der Waals surface area contributed by atoms with Gasteiger partial charge in [-0.05, 0) is 36.8 Å². The molecule has 1 aromatic rings. The summed E-state index contributed by atoms with van der Waals surface area (Å²) in [5.74, 6) is -2.96. The van der Waals surface area contributed by atoms with Crippen molar-refractivity contribution in [2.24, 2.45) is 11.8 Å². The molecule has 1 saturated carbocycles. The Morgan fingerprint density at radius 1 is 0.894 bits per heavy atom. The molecule has 0 radical (unpaired) electrons. The summed E-state index contributed by atoms with van der Waals surface area (Å²) < 4.78 is 40.6. The fourth-order valence-electron chi connectivity index (χ4n) is 6.61. The highest BCUT2D eigenvalue weighted by Crippen LogP contribution is 2.61. The van der Waals surface area contributed by atoms with Crippen molar-refractivity contribution in [3.63, 3.8) is 0 Å². The number of fused-ring (bicyclic) bond motifs is 3. The molecule has 1 aliphatic carbocycles. The minimum absolute atomic E-state index is 0.330. The van der Waals surface area contributed by atoms with E-state index in [1.165, 1.54) is 37.5 Å². The standard InChI is InChI=1S/C30H38O17/c1-11-19(35)21(37)23(39)28(43-11)45-25-13-6-7-41-27(46-29-24(40)22(38)20(36)16(9-31)44-29)18(13)30(26(25)47-30)10-42-17(34)5-3-12-2-4-14(32)15(33)8-12/h2-8,11,13,16,18-29,31-33,35-40H,9-10H2,1H3/b5-3+/t11-,13?,16-,18?,19+,20-,21-,22+,23+,24-,25+,26+,27?,28+,29+,30-/m1/s1. The van der Waals surface area contributed by atoms with Gasteiger partial charge in [0, 0.05) is 12.0 Å². The van der Waals surface area contributed by atoms with Gasteiger partial charge in [-0.15, -0.1) is 0 Å². The lowest BCUT2D eigenvalue weighted by Crippen LogP contribution is -2.60. The van der Waals surface area contributed by atoms with Gasteiger partial charge in [0.1, 0.15) is 61.0 Å². The van der Waals surface area contributed by atoms with Gasteiger partial charge in [0.25, 0.3) is 0 Å². The zero-order valence-corrected chi connectivity index (χ0v) is 24.9. The van der Waals surface area contributed by atoms with Gasteiger partial charge in [0.15, 0.2) is 24.1 Å². The number of phenols is 2. The van der Waals surface area contributed by atoms with Crippen molar-refractivity contribution in [2.45, 2.75) is 92.4 Å². The lowest BCUT2D eigenvalue weighted by Gasteiger charge is -2.44. The Morgan fingerprint density at radius 2 is 1.60 bits per heavy atom. The Labute approximate surface area is 267 Å². The number of rotatable bonds is 9. The van der Waals surface area contributed by atoms with Crippen LogP contribution in [0.5, 0.6) is 11.5 Å². The summed E-state index contributed by atoms with van der Waals surface area (Å²) in [5, 5.41) is 90.9. The molecule has 47 heavy (non-hydrogen) atoms. The van der Waals surface area contributed by atoms with Gasteiger partial charge in [0.05, 0.1) is 31.0 Å². The summed E-state index contributed by atoms with van der Waals surface area (Å²) in [5.41, 5.74) is -0.917. The minimum Gasteiger partial charge on any atom is -0.504 e. The van der Waals surface area contributed by atoms with Crippen LogP contribution in [0, 0.1) is 11.8 Å². The molecule has 1 aromatic carbocycles. The number of benzene rings is 1. The number of aromatic hydroxyl groups is 2. The fraction of sp³-hybridized carbons (Fsp3) is 0.633. The number of aliphatic hydroxyl groups excluding tert-OH is 7. The Morgan fingerprint density at radius 3 is 2.30 bits per heavy atom. The Balaban J connectivity index is 1.22. The van der Waals surface area contributed by atoms with Gasteiger partial charge in [-0.1, -0.05) is 6.07 Å². The second-order valence-electron chi connectivity index (χ2n) is 12.2. The molecule has 0 spiro atoms. The summed E-state index contributed by atoms with van der Waals surface area (Å²) in [6.07, 6.45) is -12.4. The molecule has 0 aromatic heterocycles. The van der Waals surface area contributed by atoms with E-state index in [4.69, 9.17) is 33.2 Å². The fourth-order valence-corrected chi connectivity index (χ4v) is 6.61. The van der Waals surface area contributed by atoms with Gasteiger partial charge in [-0.3, -0.25) is 0 Å². The van der Waals surface area contributed by atoms with Crippen LogP contribution in [0.1, 0.15) is 12.5 Å². The number of phenolic OH excluding ortho intramolecular Hbond substituents is 2. The van der Waals surface area contributed by atoms with E-state index in [0.29, 0.717) is 5.56 Å². The molecule has 4 heterocycles. The number of ether oxygens (including phenoxy) is 7. The Kier molecular flexibility index (Phi) is 9.53. The van der Waals surface area contributed by atoms with Crippen molar-refractivity contribution in [3.8, 4) is 11.5 Å². The van der Waals surface area contributed by atoms with Crippen molar-refractivity contribution in [3.05, 3.63) is 42.2 Å². The van der Waals surface area contributed by atoms with Gasteiger partial charge in [0.2, 0.25) is 6.29 Å². The normalized spacial score (nSPS) is 45.7. The molecular formula is C30H38O17. The number of hydrogen-bond acceptors (Lipinski definition) is 17. The van der Waals surface area contributed by atoms with Gasteiger partial charge >= 0.3 is 5.97 Å². The van der Waals surface area contributed by atoms with Crippen LogP contribution in [-0.2, 0) is 38.0 Å². The van der Waals surface area contributed by atoms with Crippen molar-refractivity contribution in [1.29, 1.82) is 0 Å². The van der Waals surface area contributed by atoms with Crippen LogP contribution < -0.4 is 0 Å². The van der Waals surface area contributed by atoms with Gasteiger partial charge < -0.3 is 79.1 Å². The maximum absolute atomic E-state index is 12.8. The predicted octanol–water partition coefficient (Wildman–Crippen LogP) is -3.06. The number of esters is 1. The average molecular weight is 671 g/mol. The summed E-state index contributed by atoms with van der Waals surface area (Å²) in [6, 6.07) is 3.96. The van der Waals surface area contributed by atoms with Crippen LogP contribution in [0.2, 0.25) is 0 Å². The van der Waals surface area contributed by atoms with E-state index in [0.717, 1.165) is 6.08 Å². The molecule has 6 rings (SSSR count). The van der Waals surface area contributed by atoms with E-state index < -0.39 is 110 Å². The highest BCUT2D eigenvalue weighted by Gasteiger charge is 2.77. The third-order valence-electron chi connectivity index (χ3n) is 9.30. The summed E-state index contributed by atoms with van der Waals surface area (Å²) in [7, 11) is 0. The molecular weight excluding hydrogens is 632 g/mol. The molecule has 17 heteroatoms. The molecule has 17 nitrogen and oxygen atoms in total. The van der Waals surface area contributed by atoms with E-state index in [1.807, 2.05) is 0 Å². The first-order chi connectivity index (χ1) is 22.4. The topological polar surface area (TPSA) is 267 Å². The van der Waals surface area contributed by atoms with Crippen LogP contribution in [0.4, 0.5) is 0 Å². The quantitative estimate of drug-likeness (QED) is 0.0546. The zero-order valence-electron chi connectivity index (χ0n) is 24.9. The van der Waals surface area contributed by atoms with Crippen LogP contribution in [0.25, 0.3) is 6.08 Å². The second-order valence-corrected chi connectivity index (χ2v) is 12.2. The lowest BCUT2D eigenvalue weighted by atomic mass is 9.85. The Hall–Kier alpha value is -2.91. The van der Waals surface area contributed by atoms with Crippen LogP contribution in [-0.4, -0.2) is 151 Å². The molecule has 0 bridgehead atoms. The minimum atomic E-state index is -1.75. The maximum atomic E-state index is 12.8. The van der Waals surface area contributed by atoms with Crippen molar-refractivity contribution in [1.82, 2.24) is 0 Å². The number of aliphatic hydroxyl groups is 7. The van der Waals surface area contributed by atoms with Crippen LogP contribution in [0.15, 0.2) is 36.6 Å². The zero-order chi connectivity index (χ0) is 33.8. The third-order valence-corrected chi connectivity index (χ3v) is 9.30. The molecule has 0 amide bonds. The van der Waals surface area contributed by atoms with Crippen molar-refractivity contribution in [2.75, 3.05) is 13.2 Å². The molecule has 3 unspecified atom stereocenters.